The number of nitrogens with one attached hydrogen (secondary N) is 1. The number of carbonyl (C=O) groups is 2. The first-order valence-electron chi connectivity index (χ1n) is 4.96. The first-order chi connectivity index (χ1) is 7.91. The second-order valence-electron chi connectivity index (χ2n) is 3.61. The van der Waals surface area contributed by atoms with Gasteiger partial charge in [0.05, 0.1) is 11.3 Å². The van der Waals surface area contributed by atoms with Gasteiger partial charge in [-0.15, -0.1) is 5.10 Å². The second kappa shape index (κ2) is 5.62. The normalized spacial score (nSPS) is 12.5. The number of nitrogens with zero attached hydrogens (tertiary/aromatic N) is 4. The number of aromatic nitrogens is 4. The van der Waals surface area contributed by atoms with Gasteiger partial charge in [0, 0.05) is 0 Å². The zero-order valence-corrected chi connectivity index (χ0v) is 10.6. The lowest BCUT2D eigenvalue weighted by atomic mass is 10.4. The molecule has 0 aliphatic heterocycles. The zero-order chi connectivity index (χ0) is 13.0. The van der Waals surface area contributed by atoms with Crippen LogP contribution in [0.1, 0.15) is 26.8 Å². The monoisotopic (exact) mass is 258 g/mol. The summed E-state index contributed by atoms with van der Waals surface area (Å²) < 4.78 is 1.60. The fourth-order valence-electron chi connectivity index (χ4n) is 1.02. The maximum atomic E-state index is 11.5. The SMILES string of the molecule is CC(C)n1nnnc1S[C@@H](C)C(=O)NC(N)=O. The van der Waals surface area contributed by atoms with Crippen molar-refractivity contribution in [3.63, 3.8) is 0 Å². The van der Waals surface area contributed by atoms with Gasteiger partial charge in [-0.1, -0.05) is 11.8 Å². The van der Waals surface area contributed by atoms with Crippen molar-refractivity contribution in [1.29, 1.82) is 0 Å². The molecule has 0 saturated carbocycles. The highest BCUT2D eigenvalue weighted by Crippen LogP contribution is 2.22. The fourth-order valence-corrected chi connectivity index (χ4v) is 1.94. The highest BCUT2D eigenvalue weighted by Gasteiger charge is 2.20. The Morgan fingerprint density at radius 3 is 2.59 bits per heavy atom. The van der Waals surface area contributed by atoms with E-state index in [1.807, 2.05) is 19.2 Å². The van der Waals surface area contributed by atoms with Crippen LogP contribution in [0.25, 0.3) is 0 Å². The van der Waals surface area contributed by atoms with E-state index in [4.69, 9.17) is 5.73 Å². The molecule has 3 N–H and O–H groups in total. The molecule has 3 amide bonds. The number of nitrogens with two attached hydrogens (primary N) is 1. The largest absolute Gasteiger partial charge is 0.351 e. The van der Waals surface area contributed by atoms with Crippen molar-refractivity contribution in [2.45, 2.75) is 37.2 Å². The number of carbonyl (C=O) groups excluding carboxylic acids is 2. The lowest BCUT2D eigenvalue weighted by molar-refractivity contribution is -0.119. The summed E-state index contributed by atoms with van der Waals surface area (Å²) in [5.41, 5.74) is 4.86. The standard InChI is InChI=1S/C8H14N6O2S/c1-4(2)14-8(11-12-13-14)17-5(3)6(15)10-7(9)16/h4-5H,1-3H3,(H3,9,10,15,16)/t5-/m0/s1. The predicted octanol–water partition coefficient (Wildman–Crippen LogP) is -0.0705. The molecule has 0 spiro atoms. The van der Waals surface area contributed by atoms with Gasteiger partial charge in [-0.25, -0.2) is 9.48 Å². The van der Waals surface area contributed by atoms with E-state index in [2.05, 4.69) is 15.5 Å². The second-order valence-corrected chi connectivity index (χ2v) is 4.92. The minimum Gasteiger partial charge on any atom is -0.351 e. The van der Waals surface area contributed by atoms with Crippen molar-refractivity contribution in [2.75, 3.05) is 0 Å². The highest BCUT2D eigenvalue weighted by molar-refractivity contribution is 8.00. The summed E-state index contributed by atoms with van der Waals surface area (Å²) in [7, 11) is 0. The molecule has 1 aromatic rings. The van der Waals surface area contributed by atoms with Crippen LogP contribution in [0, 0.1) is 0 Å². The van der Waals surface area contributed by atoms with Crippen LogP contribution in [0.4, 0.5) is 4.79 Å². The van der Waals surface area contributed by atoms with E-state index in [0.29, 0.717) is 5.16 Å². The maximum Gasteiger partial charge on any atom is 0.318 e. The molecule has 0 unspecified atom stereocenters. The van der Waals surface area contributed by atoms with Gasteiger partial charge in [0.1, 0.15) is 0 Å². The molecule has 1 rings (SSSR count). The summed E-state index contributed by atoms with van der Waals surface area (Å²) in [6.07, 6.45) is 0. The van der Waals surface area contributed by atoms with Gasteiger partial charge in [0.15, 0.2) is 0 Å². The number of rotatable bonds is 4. The van der Waals surface area contributed by atoms with Gasteiger partial charge in [-0.3, -0.25) is 10.1 Å². The Labute approximate surface area is 102 Å². The number of hydrogen-bond donors (Lipinski definition) is 2. The molecule has 8 nitrogen and oxygen atoms in total. The minimum atomic E-state index is -0.870. The molecule has 0 aromatic carbocycles. The molecule has 9 heteroatoms. The van der Waals surface area contributed by atoms with Gasteiger partial charge >= 0.3 is 6.03 Å². The van der Waals surface area contributed by atoms with E-state index >= 15 is 0 Å². The first-order valence-corrected chi connectivity index (χ1v) is 5.84. The number of tetrazole rings is 1. The van der Waals surface area contributed by atoms with Crippen LogP contribution in [-0.2, 0) is 4.79 Å². The molecular formula is C8H14N6O2S. The van der Waals surface area contributed by atoms with Crippen molar-refractivity contribution >= 4 is 23.7 Å². The lowest BCUT2D eigenvalue weighted by Gasteiger charge is -2.11. The molecule has 1 atom stereocenters. The van der Waals surface area contributed by atoms with Gasteiger partial charge < -0.3 is 5.73 Å². The first kappa shape index (κ1) is 13.4. The van der Waals surface area contributed by atoms with Crippen LogP contribution in [0.5, 0.6) is 0 Å². The Morgan fingerprint density at radius 2 is 2.06 bits per heavy atom. The van der Waals surface area contributed by atoms with Crippen molar-refractivity contribution < 1.29 is 9.59 Å². The quantitative estimate of drug-likeness (QED) is 0.730. The number of amides is 3. The van der Waals surface area contributed by atoms with Crippen molar-refractivity contribution in [1.82, 2.24) is 25.5 Å². The smallest absolute Gasteiger partial charge is 0.318 e. The molecule has 0 aliphatic carbocycles. The van der Waals surface area contributed by atoms with Gasteiger partial charge in [-0.05, 0) is 31.2 Å². The molecule has 17 heavy (non-hydrogen) atoms. The number of urea groups is 1. The maximum absolute atomic E-state index is 11.5. The van der Waals surface area contributed by atoms with Crippen LogP contribution in [-0.4, -0.2) is 37.4 Å². The molecule has 0 saturated heterocycles. The van der Waals surface area contributed by atoms with E-state index in [0.717, 1.165) is 11.8 Å². The Kier molecular flexibility index (Phi) is 4.44. The highest BCUT2D eigenvalue weighted by atomic mass is 32.2. The van der Waals surface area contributed by atoms with E-state index in [-0.39, 0.29) is 6.04 Å². The van der Waals surface area contributed by atoms with Gasteiger partial charge in [0.25, 0.3) is 0 Å². The Bertz CT molecular complexity index is 418. The van der Waals surface area contributed by atoms with E-state index < -0.39 is 17.2 Å². The van der Waals surface area contributed by atoms with E-state index in [1.54, 1.807) is 11.6 Å². The zero-order valence-electron chi connectivity index (χ0n) is 9.75. The number of imide groups is 1. The summed E-state index contributed by atoms with van der Waals surface area (Å²) in [4.78, 5) is 22.0. The number of primary amides is 1. The molecule has 0 radical (unpaired) electrons. The molecule has 1 aromatic heterocycles. The fraction of sp³-hybridized carbons (Fsp3) is 0.625. The van der Waals surface area contributed by atoms with Gasteiger partial charge in [0.2, 0.25) is 11.1 Å². The predicted molar refractivity (Wildman–Crippen MR) is 61.2 cm³/mol. The molecule has 0 aliphatic rings. The molecule has 0 bridgehead atoms. The summed E-state index contributed by atoms with van der Waals surface area (Å²) in [5.74, 6) is -0.471. The topological polar surface area (TPSA) is 116 Å². The lowest BCUT2D eigenvalue weighted by Crippen LogP contribution is -2.39. The molecule has 1 heterocycles. The number of thioether (sulfide) groups is 1. The Balaban J connectivity index is 2.67. The van der Waals surface area contributed by atoms with E-state index in [1.165, 1.54) is 0 Å². The van der Waals surface area contributed by atoms with Crippen LogP contribution >= 0.6 is 11.8 Å². The third-order valence-corrected chi connectivity index (χ3v) is 2.90. The van der Waals surface area contributed by atoms with Crippen LogP contribution in [0.3, 0.4) is 0 Å². The number of hydrogen-bond acceptors (Lipinski definition) is 6. The third kappa shape index (κ3) is 3.70. The van der Waals surface area contributed by atoms with Gasteiger partial charge in [-0.2, -0.15) is 0 Å². The minimum absolute atomic E-state index is 0.0962. The average molecular weight is 258 g/mol. The molecule has 0 fully saturated rings. The summed E-state index contributed by atoms with van der Waals surface area (Å²) >= 11 is 1.16. The third-order valence-electron chi connectivity index (χ3n) is 1.85. The summed E-state index contributed by atoms with van der Waals surface area (Å²) in [6.45, 7) is 5.49. The van der Waals surface area contributed by atoms with Crippen LogP contribution in [0.2, 0.25) is 0 Å². The summed E-state index contributed by atoms with van der Waals surface area (Å²) in [5, 5.41) is 13.2. The molecular weight excluding hydrogens is 244 g/mol. The van der Waals surface area contributed by atoms with Crippen LogP contribution in [0.15, 0.2) is 5.16 Å². The Hall–Kier alpha value is -1.64. The summed E-state index contributed by atoms with van der Waals surface area (Å²) in [6, 6.07) is -0.773. The molecule has 94 valence electrons. The van der Waals surface area contributed by atoms with Crippen molar-refractivity contribution in [3.05, 3.63) is 0 Å². The average Bonchev–Trinajstić information content (AvgIpc) is 2.64. The van der Waals surface area contributed by atoms with Crippen LogP contribution < -0.4 is 11.1 Å². The van der Waals surface area contributed by atoms with Crippen molar-refractivity contribution in [2.24, 2.45) is 5.73 Å². The van der Waals surface area contributed by atoms with E-state index in [9.17, 15) is 9.59 Å². The van der Waals surface area contributed by atoms with Crippen molar-refractivity contribution in [3.8, 4) is 0 Å². The Morgan fingerprint density at radius 1 is 1.41 bits per heavy atom.